The predicted octanol–water partition coefficient (Wildman–Crippen LogP) is 1.38. The van der Waals surface area contributed by atoms with E-state index in [9.17, 15) is 14.4 Å². The van der Waals surface area contributed by atoms with Crippen LogP contribution in [0.1, 0.15) is 34.9 Å². The van der Waals surface area contributed by atoms with Crippen molar-refractivity contribution in [1.82, 2.24) is 15.3 Å². The van der Waals surface area contributed by atoms with E-state index in [1.54, 1.807) is 11.3 Å². The number of H-pyrrole nitrogens is 1. The molecule has 0 spiro atoms. The summed E-state index contributed by atoms with van der Waals surface area (Å²) in [7, 11) is 0. The summed E-state index contributed by atoms with van der Waals surface area (Å²) >= 11 is 1.56. The molecule has 8 nitrogen and oxygen atoms in total. The Bertz CT molecular complexity index is 1140. The fourth-order valence-corrected chi connectivity index (χ4v) is 4.49. The quantitative estimate of drug-likeness (QED) is 0.607. The predicted molar refractivity (Wildman–Crippen MR) is 99.1 cm³/mol. The summed E-state index contributed by atoms with van der Waals surface area (Å²) in [5.41, 5.74) is 0.424. The summed E-state index contributed by atoms with van der Waals surface area (Å²) < 4.78 is 5.02. The number of carbonyl (C=O) groups is 1. The fourth-order valence-electron chi connectivity index (χ4n) is 3.21. The molecule has 3 heterocycles. The first-order chi connectivity index (χ1) is 13.0. The molecule has 0 unspecified atom stereocenters. The normalized spacial score (nSPS) is 13.0. The fraction of sp³-hybridized carbons (Fsp3) is 0.333. The van der Waals surface area contributed by atoms with Crippen molar-refractivity contribution in [2.75, 3.05) is 0 Å². The van der Waals surface area contributed by atoms with Crippen LogP contribution in [0.3, 0.4) is 0 Å². The number of aryl methyl sites for hydroxylation is 3. The van der Waals surface area contributed by atoms with Crippen LogP contribution in [0.2, 0.25) is 0 Å². The molecule has 0 saturated carbocycles. The molecule has 9 heteroatoms. The number of amides is 1. The Morgan fingerprint density at radius 2 is 2.22 bits per heavy atom. The van der Waals surface area contributed by atoms with Crippen LogP contribution < -0.4 is 16.3 Å². The van der Waals surface area contributed by atoms with Gasteiger partial charge in [-0.2, -0.15) is 0 Å². The van der Waals surface area contributed by atoms with Gasteiger partial charge in [0.2, 0.25) is 11.3 Å². The van der Waals surface area contributed by atoms with Gasteiger partial charge in [-0.25, -0.2) is 4.98 Å². The van der Waals surface area contributed by atoms with Crippen molar-refractivity contribution in [2.45, 2.75) is 38.6 Å². The highest BCUT2D eigenvalue weighted by atomic mass is 32.1. The molecule has 0 saturated heterocycles. The van der Waals surface area contributed by atoms with Crippen molar-refractivity contribution < 1.29 is 14.3 Å². The van der Waals surface area contributed by atoms with Gasteiger partial charge in [-0.3, -0.25) is 14.4 Å². The van der Waals surface area contributed by atoms with Gasteiger partial charge in [0.05, 0.1) is 11.9 Å². The molecule has 3 aromatic rings. The van der Waals surface area contributed by atoms with Gasteiger partial charge >= 0.3 is 0 Å². The SMILES string of the molecule is O=C(CCc1nc2sc3c(c2c(=O)[nH]1)CCC3)NCc1cc(=O)c(O)co1. The van der Waals surface area contributed by atoms with Gasteiger partial charge in [0.15, 0.2) is 5.75 Å². The minimum Gasteiger partial charge on any atom is -0.502 e. The van der Waals surface area contributed by atoms with E-state index in [2.05, 4.69) is 15.3 Å². The number of aromatic hydroxyl groups is 1. The van der Waals surface area contributed by atoms with E-state index in [1.807, 2.05) is 0 Å². The summed E-state index contributed by atoms with van der Waals surface area (Å²) in [4.78, 5) is 45.0. The average molecular weight is 387 g/mol. The smallest absolute Gasteiger partial charge is 0.259 e. The van der Waals surface area contributed by atoms with Gasteiger partial charge in [-0.05, 0) is 24.8 Å². The molecule has 140 valence electrons. The van der Waals surface area contributed by atoms with Gasteiger partial charge in [0.1, 0.15) is 22.7 Å². The molecule has 27 heavy (non-hydrogen) atoms. The zero-order valence-electron chi connectivity index (χ0n) is 14.3. The molecule has 0 aliphatic heterocycles. The highest BCUT2D eigenvalue weighted by molar-refractivity contribution is 7.18. The van der Waals surface area contributed by atoms with Crippen molar-refractivity contribution in [3.05, 3.63) is 54.9 Å². The van der Waals surface area contributed by atoms with Crippen LogP contribution >= 0.6 is 11.3 Å². The maximum Gasteiger partial charge on any atom is 0.259 e. The van der Waals surface area contributed by atoms with Gasteiger partial charge in [0.25, 0.3) is 5.56 Å². The van der Waals surface area contributed by atoms with Crippen LogP contribution in [-0.4, -0.2) is 21.0 Å². The maximum absolute atomic E-state index is 12.4. The van der Waals surface area contributed by atoms with E-state index in [0.717, 1.165) is 42.0 Å². The Balaban J connectivity index is 1.39. The van der Waals surface area contributed by atoms with E-state index in [1.165, 1.54) is 4.88 Å². The van der Waals surface area contributed by atoms with Crippen LogP contribution in [0.4, 0.5) is 0 Å². The van der Waals surface area contributed by atoms with Crippen LogP contribution in [0.5, 0.6) is 5.75 Å². The number of aromatic amines is 1. The van der Waals surface area contributed by atoms with Crippen molar-refractivity contribution in [2.24, 2.45) is 0 Å². The molecule has 0 atom stereocenters. The largest absolute Gasteiger partial charge is 0.502 e. The first kappa shape index (κ1) is 17.5. The monoisotopic (exact) mass is 387 g/mol. The average Bonchev–Trinajstić information content (AvgIpc) is 3.21. The third-order valence-corrected chi connectivity index (χ3v) is 5.72. The van der Waals surface area contributed by atoms with Crippen molar-refractivity contribution in [3.63, 3.8) is 0 Å². The standard InChI is InChI=1S/C18H17N3O5S/c22-11-6-9(26-8-12(11)23)7-19-15(24)5-4-14-20-17(25)16-10-2-1-3-13(10)27-18(16)21-14/h6,8,23H,1-5,7H2,(H,19,24)(H,20,21,25). The van der Waals surface area contributed by atoms with E-state index in [0.29, 0.717) is 17.6 Å². The summed E-state index contributed by atoms with van der Waals surface area (Å²) in [6.07, 6.45) is 4.39. The Morgan fingerprint density at radius 3 is 3.04 bits per heavy atom. The summed E-state index contributed by atoms with van der Waals surface area (Å²) in [6.45, 7) is 0.0367. The van der Waals surface area contributed by atoms with E-state index in [4.69, 9.17) is 9.52 Å². The topological polar surface area (TPSA) is 125 Å². The second kappa shape index (κ2) is 6.99. The van der Waals surface area contributed by atoms with Crippen molar-refractivity contribution >= 4 is 27.5 Å². The van der Waals surface area contributed by atoms with Crippen LogP contribution in [0.25, 0.3) is 10.2 Å². The second-order valence-corrected chi connectivity index (χ2v) is 7.51. The molecular formula is C18H17N3O5S. The highest BCUT2D eigenvalue weighted by Crippen LogP contribution is 2.34. The summed E-state index contributed by atoms with van der Waals surface area (Å²) in [5.74, 6) is -0.0110. The number of thiophene rings is 1. The van der Waals surface area contributed by atoms with Crippen LogP contribution in [-0.2, 0) is 30.6 Å². The van der Waals surface area contributed by atoms with Crippen molar-refractivity contribution in [1.29, 1.82) is 0 Å². The van der Waals surface area contributed by atoms with Gasteiger partial charge in [-0.15, -0.1) is 11.3 Å². The number of fused-ring (bicyclic) bond motifs is 3. The van der Waals surface area contributed by atoms with E-state index >= 15 is 0 Å². The Morgan fingerprint density at radius 1 is 1.37 bits per heavy atom. The minimum absolute atomic E-state index is 0.0367. The molecule has 1 aliphatic rings. The molecular weight excluding hydrogens is 370 g/mol. The Kier molecular flexibility index (Phi) is 4.53. The second-order valence-electron chi connectivity index (χ2n) is 6.42. The maximum atomic E-state index is 12.4. The lowest BCUT2D eigenvalue weighted by Crippen LogP contribution is -2.24. The molecule has 0 aromatic carbocycles. The van der Waals surface area contributed by atoms with E-state index < -0.39 is 11.2 Å². The number of nitrogens with one attached hydrogen (secondary N) is 2. The van der Waals surface area contributed by atoms with Crippen molar-refractivity contribution in [3.8, 4) is 5.75 Å². The third-order valence-electron chi connectivity index (χ3n) is 4.54. The molecule has 1 aliphatic carbocycles. The number of rotatable bonds is 5. The van der Waals surface area contributed by atoms with Crippen LogP contribution in [0.15, 0.2) is 26.3 Å². The molecule has 4 rings (SSSR count). The van der Waals surface area contributed by atoms with Gasteiger partial charge in [-0.1, -0.05) is 0 Å². The third kappa shape index (κ3) is 3.50. The summed E-state index contributed by atoms with van der Waals surface area (Å²) in [6, 6.07) is 1.12. The molecule has 0 radical (unpaired) electrons. The molecule has 0 fully saturated rings. The number of aromatic nitrogens is 2. The first-order valence-electron chi connectivity index (χ1n) is 8.62. The lowest BCUT2D eigenvalue weighted by Gasteiger charge is -2.05. The minimum atomic E-state index is -0.566. The lowest BCUT2D eigenvalue weighted by atomic mass is 10.2. The number of carbonyl (C=O) groups excluding carboxylic acids is 1. The Labute approximate surface area is 156 Å². The highest BCUT2D eigenvalue weighted by Gasteiger charge is 2.21. The Hall–Kier alpha value is -2.94. The first-order valence-corrected chi connectivity index (χ1v) is 9.44. The molecule has 0 bridgehead atoms. The van der Waals surface area contributed by atoms with Crippen LogP contribution in [0, 0.1) is 0 Å². The lowest BCUT2D eigenvalue weighted by molar-refractivity contribution is -0.121. The molecule has 3 aromatic heterocycles. The zero-order chi connectivity index (χ0) is 19.0. The zero-order valence-corrected chi connectivity index (χ0v) is 15.1. The van der Waals surface area contributed by atoms with E-state index in [-0.39, 0.29) is 30.2 Å². The van der Waals surface area contributed by atoms with Gasteiger partial charge < -0.3 is 19.8 Å². The number of hydrogen-bond acceptors (Lipinski definition) is 7. The molecule has 3 N–H and O–H groups in total. The number of hydrogen-bond donors (Lipinski definition) is 3. The summed E-state index contributed by atoms with van der Waals surface area (Å²) in [5, 5.41) is 12.5. The number of nitrogens with zero attached hydrogens (tertiary/aromatic N) is 1. The van der Waals surface area contributed by atoms with Gasteiger partial charge in [0, 0.05) is 23.8 Å². The molecule has 1 amide bonds.